The van der Waals surface area contributed by atoms with Crippen LogP contribution >= 0.6 is 0 Å². The molecule has 0 spiro atoms. The van der Waals surface area contributed by atoms with Crippen LogP contribution in [-0.4, -0.2) is 11.9 Å². The van der Waals surface area contributed by atoms with E-state index in [2.05, 4.69) is 10.3 Å². The number of hydrogen-bond donors (Lipinski definition) is 2. The van der Waals surface area contributed by atoms with Crippen LogP contribution in [0.15, 0.2) is 47.5 Å². The first kappa shape index (κ1) is 12.5. The summed E-state index contributed by atoms with van der Waals surface area (Å²) in [6.07, 6.45) is -0.302. The van der Waals surface area contributed by atoms with Crippen LogP contribution in [0.4, 0.5) is 21.5 Å². The van der Waals surface area contributed by atoms with E-state index in [4.69, 9.17) is 10.5 Å². The number of anilines is 2. The number of nitrogens with one attached hydrogen (secondary N) is 1. The molecule has 1 aliphatic rings. The minimum absolute atomic E-state index is 0.282. The smallest absolute Gasteiger partial charge is 0.153 e. The normalized spacial score (nSPS) is 19.1. The van der Waals surface area contributed by atoms with Gasteiger partial charge in [0.1, 0.15) is 23.1 Å². The lowest BCUT2D eigenvalue weighted by Crippen LogP contribution is -2.34. The summed E-state index contributed by atoms with van der Waals surface area (Å²) in [5.74, 6) is 0.870. The monoisotopic (exact) mass is 271 g/mol. The number of nitrogen functional groups attached to an aromatic ring is 1. The zero-order valence-corrected chi connectivity index (χ0v) is 10.9. The first-order valence-electron chi connectivity index (χ1n) is 6.30. The molecule has 0 radical (unpaired) electrons. The van der Waals surface area contributed by atoms with E-state index in [1.165, 1.54) is 6.07 Å². The number of amidine groups is 1. The third-order valence-corrected chi connectivity index (χ3v) is 3.05. The highest BCUT2D eigenvalue weighted by molar-refractivity contribution is 6.03. The van der Waals surface area contributed by atoms with Crippen LogP contribution < -0.4 is 15.8 Å². The second-order valence-corrected chi connectivity index (χ2v) is 4.59. The summed E-state index contributed by atoms with van der Waals surface area (Å²) in [5.41, 5.74) is 7.40. The molecule has 0 saturated carbocycles. The van der Waals surface area contributed by atoms with E-state index in [-0.39, 0.29) is 17.6 Å². The van der Waals surface area contributed by atoms with Crippen LogP contribution in [0.25, 0.3) is 0 Å². The van der Waals surface area contributed by atoms with Gasteiger partial charge in [-0.05, 0) is 31.2 Å². The van der Waals surface area contributed by atoms with Crippen LogP contribution in [0, 0.1) is 5.82 Å². The third-order valence-electron chi connectivity index (χ3n) is 3.05. The predicted octanol–water partition coefficient (Wildman–Crippen LogP) is 3.33. The Balaban J connectivity index is 1.97. The van der Waals surface area contributed by atoms with E-state index < -0.39 is 0 Å². The maximum absolute atomic E-state index is 13.6. The largest absolute Gasteiger partial charge is 0.481 e. The van der Waals surface area contributed by atoms with E-state index >= 15 is 0 Å². The Hall–Kier alpha value is -2.56. The summed E-state index contributed by atoms with van der Waals surface area (Å²) in [4.78, 5) is 4.29. The van der Waals surface area contributed by atoms with Gasteiger partial charge in [0.15, 0.2) is 6.10 Å². The van der Waals surface area contributed by atoms with Gasteiger partial charge in [-0.15, -0.1) is 0 Å². The van der Waals surface area contributed by atoms with Crippen molar-refractivity contribution < 1.29 is 9.13 Å². The van der Waals surface area contributed by atoms with E-state index in [1.807, 2.05) is 13.0 Å². The first-order chi connectivity index (χ1) is 9.63. The Labute approximate surface area is 116 Å². The molecule has 20 heavy (non-hydrogen) atoms. The molecular formula is C15H14FN3O. The molecule has 102 valence electrons. The molecule has 0 amide bonds. The van der Waals surface area contributed by atoms with Crippen molar-refractivity contribution in [2.75, 3.05) is 11.1 Å². The Morgan fingerprint density at radius 1 is 1.25 bits per heavy atom. The van der Waals surface area contributed by atoms with Gasteiger partial charge in [-0.25, -0.2) is 9.38 Å². The molecule has 3 N–H and O–H groups in total. The minimum atomic E-state index is -0.364. The summed E-state index contributed by atoms with van der Waals surface area (Å²) in [6, 6.07) is 11.7. The molecular weight excluding hydrogens is 257 g/mol. The average Bonchev–Trinajstić information content (AvgIpc) is 2.42. The highest BCUT2D eigenvalue weighted by Gasteiger charge is 2.22. The van der Waals surface area contributed by atoms with Crippen molar-refractivity contribution in [3.63, 3.8) is 0 Å². The van der Waals surface area contributed by atoms with E-state index in [1.54, 1.807) is 30.3 Å². The number of nitrogens with zero attached hydrogens (tertiary/aromatic N) is 1. The zero-order valence-electron chi connectivity index (χ0n) is 10.9. The maximum atomic E-state index is 13.6. The Morgan fingerprint density at radius 2 is 2.05 bits per heavy atom. The predicted molar refractivity (Wildman–Crippen MR) is 78.1 cm³/mol. The van der Waals surface area contributed by atoms with E-state index in [0.29, 0.717) is 17.3 Å². The molecule has 1 unspecified atom stereocenters. The number of benzene rings is 2. The van der Waals surface area contributed by atoms with Gasteiger partial charge in [-0.3, -0.25) is 0 Å². The Bertz CT molecular complexity index is 685. The van der Waals surface area contributed by atoms with Gasteiger partial charge in [-0.2, -0.15) is 0 Å². The van der Waals surface area contributed by atoms with E-state index in [0.717, 1.165) is 5.69 Å². The number of fused-ring (bicyclic) bond motifs is 1. The van der Waals surface area contributed by atoms with Crippen LogP contribution in [0.3, 0.4) is 0 Å². The molecule has 0 saturated heterocycles. The van der Waals surface area contributed by atoms with Crippen LogP contribution in [-0.2, 0) is 0 Å². The summed E-state index contributed by atoms with van der Waals surface area (Å²) in [7, 11) is 0. The van der Waals surface area contributed by atoms with Crippen molar-refractivity contribution in [3.8, 4) is 5.75 Å². The second-order valence-electron chi connectivity index (χ2n) is 4.59. The maximum Gasteiger partial charge on any atom is 0.153 e. The van der Waals surface area contributed by atoms with Gasteiger partial charge in [-0.1, -0.05) is 12.1 Å². The highest BCUT2D eigenvalue weighted by Crippen LogP contribution is 2.32. The van der Waals surface area contributed by atoms with Crippen LogP contribution in [0.5, 0.6) is 5.75 Å². The third kappa shape index (κ3) is 2.30. The Morgan fingerprint density at radius 3 is 2.85 bits per heavy atom. The van der Waals surface area contributed by atoms with Gasteiger partial charge in [0.25, 0.3) is 0 Å². The van der Waals surface area contributed by atoms with Gasteiger partial charge in [0, 0.05) is 11.8 Å². The molecule has 2 aromatic carbocycles. The molecule has 1 heterocycles. The molecule has 1 atom stereocenters. The lowest BCUT2D eigenvalue weighted by atomic mass is 10.2. The number of ether oxygens (including phenoxy) is 1. The fourth-order valence-corrected chi connectivity index (χ4v) is 2.02. The molecule has 1 aliphatic heterocycles. The summed E-state index contributed by atoms with van der Waals surface area (Å²) in [5, 5.41) is 3.15. The molecule has 0 aromatic heterocycles. The number of aliphatic imine (C=N–C) groups is 1. The lowest BCUT2D eigenvalue weighted by molar-refractivity contribution is 0.283. The topological polar surface area (TPSA) is 59.6 Å². The zero-order chi connectivity index (χ0) is 14.1. The highest BCUT2D eigenvalue weighted by atomic mass is 19.1. The molecule has 0 aliphatic carbocycles. The van der Waals surface area contributed by atoms with Crippen molar-refractivity contribution in [1.82, 2.24) is 0 Å². The quantitative estimate of drug-likeness (QED) is 0.782. The number of hydrogen-bond acceptors (Lipinski definition) is 3. The van der Waals surface area contributed by atoms with Crippen molar-refractivity contribution in [3.05, 3.63) is 48.3 Å². The SMILES string of the molecule is CC1Oc2cc(N)ccc2NC1=Nc1ccccc1F. The fraction of sp³-hybridized carbons (Fsp3) is 0.133. The first-order valence-corrected chi connectivity index (χ1v) is 6.30. The second kappa shape index (κ2) is 4.85. The van der Waals surface area contributed by atoms with Gasteiger partial charge < -0.3 is 15.8 Å². The lowest BCUT2D eigenvalue weighted by Gasteiger charge is -2.26. The van der Waals surface area contributed by atoms with Crippen molar-refractivity contribution in [2.24, 2.45) is 4.99 Å². The van der Waals surface area contributed by atoms with Gasteiger partial charge in [0.05, 0.1) is 5.69 Å². The van der Waals surface area contributed by atoms with Crippen molar-refractivity contribution >= 4 is 22.9 Å². The molecule has 0 fully saturated rings. The number of halogens is 1. The average molecular weight is 271 g/mol. The number of para-hydroxylation sites is 1. The fourth-order valence-electron chi connectivity index (χ4n) is 2.02. The summed E-state index contributed by atoms with van der Waals surface area (Å²) in [6.45, 7) is 1.85. The van der Waals surface area contributed by atoms with Crippen molar-refractivity contribution in [2.45, 2.75) is 13.0 Å². The minimum Gasteiger partial charge on any atom is -0.481 e. The Kier molecular flexibility index (Phi) is 3.02. The standard InChI is InChI=1S/C15H14FN3O/c1-9-15(18-12-5-3-2-4-11(12)16)19-13-7-6-10(17)8-14(13)20-9/h2-9H,17H2,1H3,(H,18,19). The number of nitrogens with two attached hydrogens (primary N) is 1. The van der Waals surface area contributed by atoms with Crippen LogP contribution in [0.1, 0.15) is 6.92 Å². The summed E-state index contributed by atoms with van der Waals surface area (Å²) >= 11 is 0. The van der Waals surface area contributed by atoms with Crippen LogP contribution in [0.2, 0.25) is 0 Å². The van der Waals surface area contributed by atoms with E-state index in [9.17, 15) is 4.39 Å². The molecule has 5 heteroatoms. The van der Waals surface area contributed by atoms with Gasteiger partial charge in [0.2, 0.25) is 0 Å². The molecule has 3 rings (SSSR count). The molecule has 2 aromatic rings. The van der Waals surface area contributed by atoms with Gasteiger partial charge >= 0.3 is 0 Å². The number of rotatable bonds is 1. The summed E-state index contributed by atoms with van der Waals surface area (Å²) < 4.78 is 19.4. The van der Waals surface area contributed by atoms with Crippen molar-refractivity contribution in [1.29, 1.82) is 0 Å². The molecule has 0 bridgehead atoms. The molecule has 4 nitrogen and oxygen atoms in total.